The predicted molar refractivity (Wildman–Crippen MR) is 68.9 cm³/mol. The van der Waals surface area contributed by atoms with Crippen LogP contribution in [0.15, 0.2) is 22.6 Å². The summed E-state index contributed by atoms with van der Waals surface area (Å²) in [5.74, 6) is 0.773. The SMILES string of the molecule is Nc1ccc2nc(NCC3CCCC3)oc2c1. The normalized spacial score (nSPS) is 16.7. The Morgan fingerprint density at radius 2 is 2.18 bits per heavy atom. The van der Waals surface area contributed by atoms with E-state index in [1.54, 1.807) is 0 Å². The number of hydrogen-bond donors (Lipinski definition) is 2. The number of rotatable bonds is 3. The Morgan fingerprint density at radius 1 is 1.35 bits per heavy atom. The van der Waals surface area contributed by atoms with Crippen LogP contribution in [-0.4, -0.2) is 11.5 Å². The Labute approximate surface area is 100 Å². The topological polar surface area (TPSA) is 64.1 Å². The number of aromatic nitrogens is 1. The molecule has 1 saturated carbocycles. The monoisotopic (exact) mass is 231 g/mol. The van der Waals surface area contributed by atoms with Crippen molar-refractivity contribution in [2.45, 2.75) is 25.7 Å². The number of anilines is 2. The van der Waals surface area contributed by atoms with Crippen molar-refractivity contribution in [3.8, 4) is 0 Å². The molecule has 1 fully saturated rings. The first kappa shape index (κ1) is 10.4. The third kappa shape index (κ3) is 2.20. The van der Waals surface area contributed by atoms with Crippen molar-refractivity contribution in [2.24, 2.45) is 5.92 Å². The van der Waals surface area contributed by atoms with Gasteiger partial charge in [-0.3, -0.25) is 0 Å². The molecule has 0 amide bonds. The molecule has 1 heterocycles. The molecule has 0 bridgehead atoms. The zero-order valence-electron chi connectivity index (χ0n) is 9.78. The number of benzene rings is 1. The van der Waals surface area contributed by atoms with Gasteiger partial charge in [0.15, 0.2) is 5.58 Å². The summed E-state index contributed by atoms with van der Waals surface area (Å²) in [6.45, 7) is 0.961. The molecular weight excluding hydrogens is 214 g/mol. The van der Waals surface area contributed by atoms with E-state index in [2.05, 4.69) is 10.3 Å². The predicted octanol–water partition coefficient (Wildman–Crippen LogP) is 3.01. The van der Waals surface area contributed by atoms with Gasteiger partial charge in [-0.15, -0.1) is 0 Å². The molecule has 1 aliphatic carbocycles. The summed E-state index contributed by atoms with van der Waals surface area (Å²) >= 11 is 0. The minimum atomic E-state index is 0.609. The van der Waals surface area contributed by atoms with E-state index in [1.165, 1.54) is 25.7 Å². The first-order valence-electron chi connectivity index (χ1n) is 6.21. The van der Waals surface area contributed by atoms with Crippen LogP contribution in [0.5, 0.6) is 0 Å². The number of nitrogens with one attached hydrogen (secondary N) is 1. The average Bonchev–Trinajstić information content (AvgIpc) is 2.94. The van der Waals surface area contributed by atoms with Gasteiger partial charge in [-0.05, 0) is 30.9 Å². The maximum absolute atomic E-state index is 5.70. The number of fused-ring (bicyclic) bond motifs is 1. The zero-order chi connectivity index (χ0) is 11.7. The summed E-state index contributed by atoms with van der Waals surface area (Å²) in [5, 5.41) is 3.28. The van der Waals surface area contributed by atoms with Gasteiger partial charge in [0.1, 0.15) is 5.52 Å². The molecule has 1 aliphatic rings. The van der Waals surface area contributed by atoms with Crippen LogP contribution < -0.4 is 11.1 Å². The minimum Gasteiger partial charge on any atom is -0.423 e. The highest BCUT2D eigenvalue weighted by Gasteiger charge is 2.15. The van der Waals surface area contributed by atoms with Crippen LogP contribution >= 0.6 is 0 Å². The van der Waals surface area contributed by atoms with Crippen molar-refractivity contribution in [2.75, 3.05) is 17.6 Å². The Hall–Kier alpha value is -1.71. The summed E-state index contributed by atoms with van der Waals surface area (Å²) in [4.78, 5) is 4.38. The Balaban J connectivity index is 1.72. The van der Waals surface area contributed by atoms with Crippen LogP contribution in [0.3, 0.4) is 0 Å². The van der Waals surface area contributed by atoms with Crippen molar-refractivity contribution in [1.29, 1.82) is 0 Å². The molecule has 1 aromatic carbocycles. The van der Waals surface area contributed by atoms with Crippen molar-refractivity contribution < 1.29 is 4.42 Å². The molecule has 90 valence electrons. The summed E-state index contributed by atoms with van der Waals surface area (Å²) in [7, 11) is 0. The van der Waals surface area contributed by atoms with Gasteiger partial charge in [0.25, 0.3) is 6.01 Å². The van der Waals surface area contributed by atoms with Crippen LogP contribution in [0.1, 0.15) is 25.7 Å². The largest absolute Gasteiger partial charge is 0.423 e. The van der Waals surface area contributed by atoms with Gasteiger partial charge in [0.05, 0.1) is 0 Å². The van der Waals surface area contributed by atoms with Crippen molar-refractivity contribution in [3.05, 3.63) is 18.2 Å². The third-order valence-electron chi connectivity index (χ3n) is 3.43. The van der Waals surface area contributed by atoms with E-state index in [4.69, 9.17) is 10.2 Å². The highest BCUT2D eigenvalue weighted by molar-refractivity contribution is 5.78. The highest BCUT2D eigenvalue weighted by atomic mass is 16.4. The maximum Gasteiger partial charge on any atom is 0.295 e. The van der Waals surface area contributed by atoms with Gasteiger partial charge in [-0.25, -0.2) is 0 Å². The lowest BCUT2D eigenvalue weighted by Crippen LogP contribution is -2.10. The van der Waals surface area contributed by atoms with Gasteiger partial charge < -0.3 is 15.5 Å². The summed E-state index contributed by atoms with van der Waals surface area (Å²) < 4.78 is 5.61. The summed E-state index contributed by atoms with van der Waals surface area (Å²) in [6, 6.07) is 6.14. The fourth-order valence-electron chi connectivity index (χ4n) is 2.46. The third-order valence-corrected chi connectivity index (χ3v) is 3.43. The maximum atomic E-state index is 5.70. The van der Waals surface area contributed by atoms with E-state index >= 15 is 0 Å². The van der Waals surface area contributed by atoms with Gasteiger partial charge in [0, 0.05) is 18.3 Å². The molecule has 2 aromatic rings. The van der Waals surface area contributed by atoms with Crippen LogP contribution in [0, 0.1) is 5.92 Å². The zero-order valence-corrected chi connectivity index (χ0v) is 9.78. The van der Waals surface area contributed by atoms with Crippen LogP contribution in [0.4, 0.5) is 11.7 Å². The number of nitrogens with zero attached hydrogens (tertiary/aromatic N) is 1. The van der Waals surface area contributed by atoms with Crippen molar-refractivity contribution >= 4 is 22.8 Å². The smallest absolute Gasteiger partial charge is 0.295 e. The quantitative estimate of drug-likeness (QED) is 0.797. The second-order valence-corrected chi connectivity index (χ2v) is 4.78. The fourth-order valence-corrected chi connectivity index (χ4v) is 2.46. The van der Waals surface area contributed by atoms with Gasteiger partial charge >= 0.3 is 0 Å². The molecule has 0 atom stereocenters. The molecule has 3 rings (SSSR count). The van der Waals surface area contributed by atoms with E-state index in [0.717, 1.165) is 23.6 Å². The molecule has 17 heavy (non-hydrogen) atoms. The van der Waals surface area contributed by atoms with Gasteiger partial charge in [0.2, 0.25) is 0 Å². The van der Waals surface area contributed by atoms with Crippen LogP contribution in [-0.2, 0) is 0 Å². The van der Waals surface area contributed by atoms with Crippen LogP contribution in [0.25, 0.3) is 11.1 Å². The van der Waals surface area contributed by atoms with Crippen molar-refractivity contribution in [3.63, 3.8) is 0 Å². The van der Waals surface area contributed by atoms with Gasteiger partial charge in [-0.1, -0.05) is 12.8 Å². The molecule has 0 saturated heterocycles. The molecule has 4 heteroatoms. The highest BCUT2D eigenvalue weighted by Crippen LogP contribution is 2.26. The lowest BCUT2D eigenvalue weighted by molar-refractivity contribution is 0.553. The minimum absolute atomic E-state index is 0.609. The molecule has 0 spiro atoms. The molecule has 4 nitrogen and oxygen atoms in total. The fraction of sp³-hybridized carbons (Fsp3) is 0.462. The number of nitrogen functional groups attached to an aromatic ring is 1. The molecular formula is C13H17N3O. The van der Waals surface area contributed by atoms with E-state index in [9.17, 15) is 0 Å². The first-order valence-corrected chi connectivity index (χ1v) is 6.21. The van der Waals surface area contributed by atoms with E-state index < -0.39 is 0 Å². The second kappa shape index (κ2) is 4.28. The average molecular weight is 231 g/mol. The first-order chi connectivity index (χ1) is 8.31. The lowest BCUT2D eigenvalue weighted by atomic mass is 10.1. The summed E-state index contributed by atoms with van der Waals surface area (Å²) in [5.41, 5.74) is 8.01. The molecule has 0 unspecified atom stereocenters. The number of oxazole rings is 1. The molecule has 3 N–H and O–H groups in total. The van der Waals surface area contributed by atoms with E-state index in [0.29, 0.717) is 11.7 Å². The van der Waals surface area contributed by atoms with Crippen molar-refractivity contribution in [1.82, 2.24) is 4.98 Å². The molecule has 1 aromatic heterocycles. The molecule has 0 aliphatic heterocycles. The Bertz CT molecular complexity index is 514. The lowest BCUT2D eigenvalue weighted by Gasteiger charge is -2.07. The molecule has 0 radical (unpaired) electrons. The van der Waals surface area contributed by atoms with Gasteiger partial charge in [-0.2, -0.15) is 4.98 Å². The Kier molecular flexibility index (Phi) is 2.63. The number of nitrogens with two attached hydrogens (primary N) is 1. The Morgan fingerprint density at radius 3 is 3.00 bits per heavy atom. The standard InChI is InChI=1S/C13H17N3O/c14-10-5-6-11-12(7-10)17-13(16-11)15-8-9-3-1-2-4-9/h5-7,9H,1-4,8,14H2,(H,15,16). The summed E-state index contributed by atoms with van der Waals surface area (Å²) in [6.07, 6.45) is 5.35. The van der Waals surface area contributed by atoms with Crippen LogP contribution in [0.2, 0.25) is 0 Å². The number of hydrogen-bond acceptors (Lipinski definition) is 4. The van der Waals surface area contributed by atoms with E-state index in [1.807, 2.05) is 18.2 Å². The second-order valence-electron chi connectivity index (χ2n) is 4.78. The van der Waals surface area contributed by atoms with E-state index in [-0.39, 0.29) is 0 Å².